The molecule has 0 aliphatic rings. The molecular formula is C15H13ClN4O3. The lowest BCUT2D eigenvalue weighted by Gasteiger charge is -2.15. The zero-order valence-corrected chi connectivity index (χ0v) is 13.1. The van der Waals surface area contributed by atoms with Gasteiger partial charge in [-0.1, -0.05) is 6.07 Å². The first-order chi connectivity index (χ1) is 10.8. The maximum absolute atomic E-state index is 11.6. The first-order valence-electron chi connectivity index (χ1n) is 6.68. The number of phenols is 1. The SMILES string of the molecule is Cc1ccc(O)c(C)c1-n1c(N)c(C(=O)O)c2cnc(Cl)nc21. The zero-order valence-electron chi connectivity index (χ0n) is 12.3. The first kappa shape index (κ1) is 15.1. The summed E-state index contributed by atoms with van der Waals surface area (Å²) in [7, 11) is 0. The number of nitrogens with two attached hydrogens (primary N) is 1. The second-order valence-electron chi connectivity index (χ2n) is 5.15. The number of nitrogens with zero attached hydrogens (tertiary/aromatic N) is 3. The molecule has 0 saturated heterocycles. The van der Waals surface area contributed by atoms with Crippen LogP contribution in [0.4, 0.5) is 5.82 Å². The quantitative estimate of drug-likeness (QED) is 0.621. The molecule has 0 atom stereocenters. The number of hydrogen-bond acceptors (Lipinski definition) is 5. The van der Waals surface area contributed by atoms with Crippen molar-refractivity contribution in [3.63, 3.8) is 0 Å². The highest BCUT2D eigenvalue weighted by atomic mass is 35.5. The van der Waals surface area contributed by atoms with Gasteiger partial charge in [0.2, 0.25) is 5.28 Å². The summed E-state index contributed by atoms with van der Waals surface area (Å²) in [5.41, 5.74) is 8.17. The topological polar surface area (TPSA) is 114 Å². The fourth-order valence-electron chi connectivity index (χ4n) is 2.68. The van der Waals surface area contributed by atoms with E-state index in [1.165, 1.54) is 10.8 Å². The van der Waals surface area contributed by atoms with E-state index < -0.39 is 5.97 Å². The van der Waals surface area contributed by atoms with Crippen LogP contribution in [-0.4, -0.2) is 30.7 Å². The molecule has 0 aliphatic heterocycles. The number of anilines is 1. The number of aromatic hydroxyl groups is 1. The highest BCUT2D eigenvalue weighted by molar-refractivity contribution is 6.28. The van der Waals surface area contributed by atoms with Crippen LogP contribution in [-0.2, 0) is 0 Å². The van der Waals surface area contributed by atoms with E-state index in [1.54, 1.807) is 19.1 Å². The monoisotopic (exact) mass is 332 g/mol. The second-order valence-corrected chi connectivity index (χ2v) is 5.49. The summed E-state index contributed by atoms with van der Waals surface area (Å²) in [5.74, 6) is -1.11. The lowest BCUT2D eigenvalue weighted by Crippen LogP contribution is -2.07. The molecule has 0 radical (unpaired) electrons. The van der Waals surface area contributed by atoms with Gasteiger partial charge in [0, 0.05) is 11.8 Å². The number of aryl methyl sites for hydroxylation is 1. The Balaban J connectivity index is 2.53. The van der Waals surface area contributed by atoms with E-state index in [1.807, 2.05) is 6.92 Å². The average Bonchev–Trinajstić information content (AvgIpc) is 2.76. The smallest absolute Gasteiger partial charge is 0.340 e. The molecule has 0 aliphatic carbocycles. The molecule has 0 amide bonds. The van der Waals surface area contributed by atoms with Crippen molar-refractivity contribution in [2.75, 3.05) is 5.73 Å². The van der Waals surface area contributed by atoms with E-state index in [9.17, 15) is 15.0 Å². The van der Waals surface area contributed by atoms with Crippen LogP contribution in [0.1, 0.15) is 21.5 Å². The maximum atomic E-state index is 11.6. The molecule has 118 valence electrons. The fraction of sp³-hybridized carbons (Fsp3) is 0.133. The zero-order chi connectivity index (χ0) is 16.9. The van der Waals surface area contributed by atoms with Crippen molar-refractivity contribution < 1.29 is 15.0 Å². The minimum absolute atomic E-state index is 0.000802. The first-order valence-corrected chi connectivity index (χ1v) is 7.06. The van der Waals surface area contributed by atoms with Gasteiger partial charge in [0.15, 0.2) is 5.65 Å². The van der Waals surface area contributed by atoms with Crippen molar-refractivity contribution in [2.45, 2.75) is 13.8 Å². The Labute approximate surface area is 136 Å². The summed E-state index contributed by atoms with van der Waals surface area (Å²) < 4.78 is 1.48. The number of hydrogen-bond donors (Lipinski definition) is 3. The van der Waals surface area contributed by atoms with Crippen LogP contribution in [0.5, 0.6) is 5.75 Å². The maximum Gasteiger partial charge on any atom is 0.340 e. The van der Waals surface area contributed by atoms with Gasteiger partial charge in [-0.15, -0.1) is 0 Å². The highest BCUT2D eigenvalue weighted by Crippen LogP contribution is 2.35. The van der Waals surface area contributed by atoms with E-state index in [0.717, 1.165) is 5.56 Å². The van der Waals surface area contributed by atoms with Crippen molar-refractivity contribution in [3.05, 3.63) is 40.3 Å². The highest BCUT2D eigenvalue weighted by Gasteiger charge is 2.25. The van der Waals surface area contributed by atoms with Crippen LogP contribution in [0.2, 0.25) is 5.28 Å². The Kier molecular flexibility index (Phi) is 3.37. The van der Waals surface area contributed by atoms with Gasteiger partial charge in [-0.05, 0) is 37.1 Å². The summed E-state index contributed by atoms with van der Waals surface area (Å²) in [4.78, 5) is 19.5. The van der Waals surface area contributed by atoms with E-state index >= 15 is 0 Å². The summed E-state index contributed by atoms with van der Waals surface area (Å²) >= 11 is 5.86. The Bertz CT molecular complexity index is 965. The second kappa shape index (κ2) is 5.13. The predicted octanol–water partition coefficient (Wildman–Crippen LogP) is 2.68. The van der Waals surface area contributed by atoms with Crippen LogP contribution in [0, 0.1) is 13.8 Å². The number of carboxylic acid groups (broad SMARTS) is 1. The number of rotatable bonds is 2. The number of fused-ring (bicyclic) bond motifs is 1. The molecule has 1 aromatic carbocycles. The van der Waals surface area contributed by atoms with Crippen molar-refractivity contribution in [3.8, 4) is 11.4 Å². The third-order valence-corrected chi connectivity index (χ3v) is 3.94. The van der Waals surface area contributed by atoms with Gasteiger partial charge in [0.25, 0.3) is 0 Å². The minimum Gasteiger partial charge on any atom is -0.508 e. The molecule has 7 nitrogen and oxygen atoms in total. The summed E-state index contributed by atoms with van der Waals surface area (Å²) in [6.45, 7) is 3.54. The van der Waals surface area contributed by atoms with Gasteiger partial charge >= 0.3 is 5.97 Å². The number of aromatic carboxylic acids is 1. The van der Waals surface area contributed by atoms with E-state index in [2.05, 4.69) is 9.97 Å². The van der Waals surface area contributed by atoms with Gasteiger partial charge in [0.05, 0.1) is 11.1 Å². The molecule has 0 bridgehead atoms. The molecule has 0 unspecified atom stereocenters. The number of halogens is 1. The van der Waals surface area contributed by atoms with Crippen LogP contribution in [0.25, 0.3) is 16.7 Å². The Morgan fingerprint density at radius 1 is 1.35 bits per heavy atom. The standard InChI is InChI=1S/C15H13ClN4O3/c1-6-3-4-9(21)7(2)11(6)20-12(17)10(14(22)23)8-5-18-15(16)19-13(8)20/h3-5,21H,17H2,1-2H3,(H,22,23). The minimum atomic E-state index is -1.19. The molecule has 0 saturated carbocycles. The predicted molar refractivity (Wildman–Crippen MR) is 86.4 cm³/mol. The van der Waals surface area contributed by atoms with Crippen molar-refractivity contribution in [1.82, 2.24) is 14.5 Å². The lowest BCUT2D eigenvalue weighted by molar-refractivity contribution is 0.0700. The summed E-state index contributed by atoms with van der Waals surface area (Å²) in [6, 6.07) is 3.28. The van der Waals surface area contributed by atoms with Crippen LogP contribution in [0.15, 0.2) is 18.3 Å². The van der Waals surface area contributed by atoms with Crippen LogP contribution < -0.4 is 5.73 Å². The third kappa shape index (κ3) is 2.17. The number of aromatic nitrogens is 3. The molecule has 8 heteroatoms. The molecule has 3 aromatic rings. The molecule has 2 heterocycles. The van der Waals surface area contributed by atoms with Gasteiger partial charge in [-0.25, -0.2) is 9.78 Å². The Morgan fingerprint density at radius 2 is 2.04 bits per heavy atom. The van der Waals surface area contributed by atoms with E-state index in [0.29, 0.717) is 11.3 Å². The van der Waals surface area contributed by atoms with Crippen LogP contribution in [0.3, 0.4) is 0 Å². The van der Waals surface area contributed by atoms with E-state index in [4.69, 9.17) is 17.3 Å². The van der Waals surface area contributed by atoms with Crippen LogP contribution >= 0.6 is 11.6 Å². The molecule has 4 N–H and O–H groups in total. The number of carbonyl (C=O) groups is 1. The average molecular weight is 333 g/mol. The number of benzene rings is 1. The van der Waals surface area contributed by atoms with Gasteiger partial charge in [-0.3, -0.25) is 4.57 Å². The summed E-state index contributed by atoms with van der Waals surface area (Å²) in [5, 5.41) is 19.7. The van der Waals surface area contributed by atoms with Crippen molar-refractivity contribution in [2.24, 2.45) is 0 Å². The lowest BCUT2D eigenvalue weighted by atomic mass is 10.1. The molecule has 2 aromatic heterocycles. The largest absolute Gasteiger partial charge is 0.508 e. The Hall–Kier alpha value is -2.80. The van der Waals surface area contributed by atoms with Gasteiger partial charge in [-0.2, -0.15) is 4.98 Å². The Morgan fingerprint density at radius 3 is 2.70 bits per heavy atom. The third-order valence-electron chi connectivity index (χ3n) is 3.76. The van der Waals surface area contributed by atoms with E-state index in [-0.39, 0.29) is 33.4 Å². The molecule has 0 fully saturated rings. The summed E-state index contributed by atoms with van der Waals surface area (Å²) in [6.07, 6.45) is 1.33. The van der Waals surface area contributed by atoms with Crippen molar-refractivity contribution >= 4 is 34.4 Å². The molecule has 23 heavy (non-hydrogen) atoms. The van der Waals surface area contributed by atoms with Crippen molar-refractivity contribution in [1.29, 1.82) is 0 Å². The molecule has 3 rings (SSSR count). The molecular weight excluding hydrogens is 320 g/mol. The van der Waals surface area contributed by atoms with Gasteiger partial charge < -0.3 is 15.9 Å². The normalized spacial score (nSPS) is 11.1. The number of phenolic OH excluding ortho intramolecular Hbond substituents is 1. The fourth-order valence-corrected chi connectivity index (χ4v) is 2.81. The van der Waals surface area contributed by atoms with Gasteiger partial charge in [0.1, 0.15) is 17.1 Å². The number of carboxylic acids is 1. The number of nitrogen functional groups attached to an aromatic ring is 1. The molecule has 0 spiro atoms.